The first-order chi connectivity index (χ1) is 14.5. The van der Waals surface area contributed by atoms with Crippen LogP contribution in [-0.2, 0) is 16.6 Å². The summed E-state index contributed by atoms with van der Waals surface area (Å²) in [7, 11) is -1.61. The Morgan fingerprint density at radius 1 is 0.867 bits per heavy atom. The largest absolute Gasteiger partial charge is 0.351 e. The predicted molar refractivity (Wildman–Crippen MR) is 120 cm³/mol. The molecule has 0 fully saturated rings. The number of benzene rings is 3. The molecule has 0 unspecified atom stereocenters. The normalized spacial score (nSPS) is 11.1. The van der Waals surface area contributed by atoms with Crippen molar-refractivity contribution in [1.82, 2.24) is 10.0 Å². The molecule has 0 spiro atoms. The molecule has 0 aliphatic rings. The topological polar surface area (TPSA) is 78.5 Å². The van der Waals surface area contributed by atoms with Gasteiger partial charge in [0.25, 0.3) is 5.91 Å². The van der Waals surface area contributed by atoms with E-state index in [1.807, 2.05) is 84.7 Å². The molecule has 3 aromatic rings. The number of hydrogen-bond acceptors (Lipinski definition) is 4. The van der Waals surface area contributed by atoms with Crippen molar-refractivity contribution in [1.29, 1.82) is 0 Å². The standard InChI is InChI=1S/C23H25N3O3S/c1-26(20-12-6-3-7-13-20)22-15-9-8-14-21(22)23(27)24-16-17-30(28,29)25-18-19-10-4-2-5-11-19/h2-15,25H,16-18H2,1H3,(H,24,27). The molecule has 3 rings (SSSR count). The lowest BCUT2D eigenvalue weighted by atomic mass is 10.1. The van der Waals surface area contributed by atoms with Gasteiger partial charge in [0.15, 0.2) is 0 Å². The zero-order chi connectivity index (χ0) is 21.4. The summed E-state index contributed by atoms with van der Waals surface area (Å²) in [4.78, 5) is 14.6. The van der Waals surface area contributed by atoms with Gasteiger partial charge in [0.2, 0.25) is 10.0 Å². The van der Waals surface area contributed by atoms with E-state index in [1.54, 1.807) is 12.1 Å². The molecule has 3 aromatic carbocycles. The van der Waals surface area contributed by atoms with Gasteiger partial charge in [-0.1, -0.05) is 60.7 Å². The molecule has 0 aliphatic heterocycles. The molecule has 6 nitrogen and oxygen atoms in total. The number of nitrogens with one attached hydrogen (secondary N) is 2. The fourth-order valence-electron chi connectivity index (χ4n) is 3.00. The Labute approximate surface area is 177 Å². The molecule has 156 valence electrons. The van der Waals surface area contributed by atoms with E-state index < -0.39 is 10.0 Å². The van der Waals surface area contributed by atoms with Crippen LogP contribution in [0.1, 0.15) is 15.9 Å². The molecule has 0 heterocycles. The maximum absolute atomic E-state index is 12.7. The van der Waals surface area contributed by atoms with Crippen LogP contribution in [-0.4, -0.2) is 33.7 Å². The summed E-state index contributed by atoms with van der Waals surface area (Å²) in [6.45, 7) is 0.244. The van der Waals surface area contributed by atoms with Crippen LogP contribution < -0.4 is 14.9 Å². The van der Waals surface area contributed by atoms with E-state index >= 15 is 0 Å². The van der Waals surface area contributed by atoms with E-state index in [2.05, 4.69) is 10.0 Å². The van der Waals surface area contributed by atoms with Crippen molar-refractivity contribution < 1.29 is 13.2 Å². The summed E-state index contributed by atoms with van der Waals surface area (Å²) in [5.74, 6) is -0.505. The smallest absolute Gasteiger partial charge is 0.253 e. The van der Waals surface area contributed by atoms with Gasteiger partial charge >= 0.3 is 0 Å². The average molecular weight is 424 g/mol. The van der Waals surface area contributed by atoms with Crippen LogP contribution in [0.4, 0.5) is 11.4 Å². The Morgan fingerprint density at radius 2 is 1.47 bits per heavy atom. The molecule has 0 bridgehead atoms. The first-order valence-electron chi connectivity index (χ1n) is 9.63. The summed E-state index contributed by atoms with van der Waals surface area (Å²) >= 11 is 0. The van der Waals surface area contributed by atoms with E-state index in [0.29, 0.717) is 5.56 Å². The van der Waals surface area contributed by atoms with Crippen LogP contribution in [0.25, 0.3) is 0 Å². The van der Waals surface area contributed by atoms with E-state index in [1.165, 1.54) is 0 Å². The van der Waals surface area contributed by atoms with Gasteiger partial charge < -0.3 is 10.2 Å². The van der Waals surface area contributed by atoms with Gasteiger partial charge in [-0.15, -0.1) is 0 Å². The molecule has 0 atom stereocenters. The maximum atomic E-state index is 12.7. The highest BCUT2D eigenvalue weighted by molar-refractivity contribution is 7.89. The third kappa shape index (κ3) is 5.92. The second kappa shape index (κ2) is 10.0. The van der Waals surface area contributed by atoms with E-state index in [0.717, 1.165) is 16.9 Å². The molecule has 0 radical (unpaired) electrons. The summed E-state index contributed by atoms with van der Waals surface area (Å²) in [6.07, 6.45) is 0. The Hall–Kier alpha value is -3.16. The van der Waals surface area contributed by atoms with Crippen molar-refractivity contribution in [3.8, 4) is 0 Å². The highest BCUT2D eigenvalue weighted by atomic mass is 32.2. The molecule has 0 saturated heterocycles. The number of carbonyl (C=O) groups is 1. The number of rotatable bonds is 9. The zero-order valence-corrected chi connectivity index (χ0v) is 17.6. The van der Waals surface area contributed by atoms with E-state index in [4.69, 9.17) is 0 Å². The summed E-state index contributed by atoms with van der Waals surface area (Å²) in [5, 5.41) is 2.72. The Morgan fingerprint density at radius 3 is 2.17 bits per heavy atom. The molecule has 0 aliphatic carbocycles. The van der Waals surface area contributed by atoms with E-state index in [-0.39, 0.29) is 24.7 Å². The van der Waals surface area contributed by atoms with Crippen LogP contribution in [0, 0.1) is 0 Å². The van der Waals surface area contributed by atoms with Crippen LogP contribution in [0.3, 0.4) is 0 Å². The van der Waals surface area contributed by atoms with Gasteiger partial charge in [0, 0.05) is 25.8 Å². The predicted octanol–water partition coefficient (Wildman–Crippen LogP) is 3.30. The van der Waals surface area contributed by atoms with Crippen molar-refractivity contribution in [3.63, 3.8) is 0 Å². The number of sulfonamides is 1. The molecule has 30 heavy (non-hydrogen) atoms. The van der Waals surface area contributed by atoms with Gasteiger partial charge in [0.1, 0.15) is 0 Å². The minimum Gasteiger partial charge on any atom is -0.351 e. The van der Waals surface area contributed by atoms with Gasteiger partial charge in [-0.2, -0.15) is 0 Å². The number of anilines is 2. The first kappa shape index (κ1) is 21.5. The SMILES string of the molecule is CN(c1ccccc1)c1ccccc1C(=O)NCCS(=O)(=O)NCc1ccccc1. The zero-order valence-electron chi connectivity index (χ0n) is 16.8. The molecule has 0 saturated carbocycles. The average Bonchev–Trinajstić information content (AvgIpc) is 2.78. The molecular weight excluding hydrogens is 398 g/mol. The first-order valence-corrected chi connectivity index (χ1v) is 11.3. The number of amides is 1. The van der Waals surface area contributed by atoms with Crippen molar-refractivity contribution in [2.45, 2.75) is 6.54 Å². The third-order valence-corrected chi connectivity index (χ3v) is 5.97. The lowest BCUT2D eigenvalue weighted by Crippen LogP contribution is -2.34. The quantitative estimate of drug-likeness (QED) is 0.554. The highest BCUT2D eigenvalue weighted by Crippen LogP contribution is 2.26. The van der Waals surface area contributed by atoms with Crippen molar-refractivity contribution in [3.05, 3.63) is 96.1 Å². The fourth-order valence-corrected chi connectivity index (χ4v) is 3.91. The van der Waals surface area contributed by atoms with Gasteiger partial charge in [-0.3, -0.25) is 4.79 Å². The van der Waals surface area contributed by atoms with E-state index in [9.17, 15) is 13.2 Å². The van der Waals surface area contributed by atoms with Crippen LogP contribution in [0.15, 0.2) is 84.9 Å². The van der Waals surface area contributed by atoms with Crippen molar-refractivity contribution >= 4 is 27.3 Å². The molecule has 7 heteroatoms. The van der Waals surface area contributed by atoms with Crippen LogP contribution in [0.2, 0.25) is 0 Å². The minimum absolute atomic E-state index is 0.0202. The second-order valence-corrected chi connectivity index (χ2v) is 8.72. The lowest BCUT2D eigenvalue weighted by Gasteiger charge is -2.22. The monoisotopic (exact) mass is 423 g/mol. The van der Waals surface area contributed by atoms with Gasteiger partial charge in [-0.25, -0.2) is 13.1 Å². The number of hydrogen-bond donors (Lipinski definition) is 2. The van der Waals surface area contributed by atoms with Crippen LogP contribution in [0.5, 0.6) is 0 Å². The Balaban J connectivity index is 1.59. The lowest BCUT2D eigenvalue weighted by molar-refractivity contribution is 0.0956. The number of carbonyl (C=O) groups excluding carboxylic acids is 1. The second-order valence-electron chi connectivity index (χ2n) is 6.79. The Bertz CT molecular complexity index is 1070. The summed E-state index contributed by atoms with van der Waals surface area (Å²) < 4.78 is 27.0. The minimum atomic E-state index is -3.50. The van der Waals surface area contributed by atoms with Crippen molar-refractivity contribution in [2.24, 2.45) is 0 Å². The van der Waals surface area contributed by atoms with Crippen LogP contribution >= 0.6 is 0 Å². The van der Waals surface area contributed by atoms with Gasteiger partial charge in [-0.05, 0) is 29.8 Å². The molecule has 2 N–H and O–H groups in total. The number of para-hydroxylation sites is 2. The molecule has 0 aromatic heterocycles. The molecular formula is C23H25N3O3S. The van der Waals surface area contributed by atoms with Crippen molar-refractivity contribution in [2.75, 3.05) is 24.2 Å². The van der Waals surface area contributed by atoms with Gasteiger partial charge in [0.05, 0.1) is 17.0 Å². The Kier molecular flexibility index (Phi) is 7.21. The molecule has 1 amide bonds. The fraction of sp³-hybridized carbons (Fsp3) is 0.174. The summed E-state index contributed by atoms with van der Waals surface area (Å²) in [5.41, 5.74) is 3.05. The number of nitrogens with zero attached hydrogens (tertiary/aromatic N) is 1. The highest BCUT2D eigenvalue weighted by Gasteiger charge is 2.16. The third-order valence-electron chi connectivity index (χ3n) is 4.65. The summed E-state index contributed by atoms with van der Waals surface area (Å²) in [6, 6.07) is 26.2. The maximum Gasteiger partial charge on any atom is 0.253 e.